The standard InChI is InChI=1S/C29H28ClN7O3/c30-23-7-12-27(37-20-31-34-35-37)22(19-23)6-13-28(38)33-26(18-21-4-2-1-3-5-21)29(39)32-24-8-10-25(11-9-24)36-14-16-40-17-15-36/h1-13,19-20,26H,14-18H2,(H,32,39)(H,33,38)/b13-6+. The zero-order valence-electron chi connectivity index (χ0n) is 21.6. The van der Waals surface area contributed by atoms with Crippen molar-refractivity contribution in [2.45, 2.75) is 12.5 Å². The van der Waals surface area contributed by atoms with Gasteiger partial charge in [-0.05, 0) is 64.5 Å². The van der Waals surface area contributed by atoms with Crippen molar-refractivity contribution >= 4 is 40.9 Å². The quantitative estimate of drug-likeness (QED) is 0.303. The molecule has 2 heterocycles. The number of morpholine rings is 1. The molecule has 1 saturated heterocycles. The van der Waals surface area contributed by atoms with Crippen molar-refractivity contribution < 1.29 is 14.3 Å². The summed E-state index contributed by atoms with van der Waals surface area (Å²) in [6.45, 7) is 3.06. The third-order valence-electron chi connectivity index (χ3n) is 6.43. The number of nitrogens with one attached hydrogen (secondary N) is 2. The number of hydrogen-bond donors (Lipinski definition) is 2. The second-order valence-corrected chi connectivity index (χ2v) is 9.61. The molecule has 0 aliphatic carbocycles. The summed E-state index contributed by atoms with van der Waals surface area (Å²) in [5.41, 5.74) is 3.93. The third kappa shape index (κ3) is 7.10. The van der Waals surface area contributed by atoms with Gasteiger partial charge in [-0.3, -0.25) is 9.59 Å². The monoisotopic (exact) mass is 557 g/mol. The molecule has 1 aliphatic heterocycles. The third-order valence-corrected chi connectivity index (χ3v) is 6.66. The van der Waals surface area contributed by atoms with Crippen molar-refractivity contribution in [2.75, 3.05) is 36.5 Å². The van der Waals surface area contributed by atoms with Gasteiger partial charge in [-0.1, -0.05) is 41.9 Å². The number of carbonyl (C=O) groups excluding carboxylic acids is 2. The van der Waals surface area contributed by atoms with E-state index in [1.54, 1.807) is 24.3 Å². The SMILES string of the molecule is O=C(/C=C/c1cc(Cl)ccc1-n1cnnn1)NC(Cc1ccccc1)C(=O)Nc1ccc(N2CCOCC2)cc1. The van der Waals surface area contributed by atoms with E-state index in [4.69, 9.17) is 16.3 Å². The maximum absolute atomic E-state index is 13.3. The van der Waals surface area contributed by atoms with Crippen LogP contribution in [0.5, 0.6) is 0 Å². The molecule has 3 aromatic carbocycles. The molecule has 40 heavy (non-hydrogen) atoms. The number of benzene rings is 3. The molecule has 11 heteroatoms. The van der Waals surface area contributed by atoms with Crippen LogP contribution in [0.3, 0.4) is 0 Å². The molecule has 1 aliphatic rings. The van der Waals surface area contributed by atoms with Gasteiger partial charge in [0.1, 0.15) is 12.4 Å². The average Bonchev–Trinajstić information content (AvgIpc) is 3.52. The molecule has 4 aromatic rings. The molecule has 1 atom stereocenters. The van der Waals surface area contributed by atoms with E-state index < -0.39 is 11.9 Å². The van der Waals surface area contributed by atoms with Crippen LogP contribution in [-0.2, 0) is 20.7 Å². The van der Waals surface area contributed by atoms with Crippen LogP contribution < -0.4 is 15.5 Å². The fourth-order valence-electron chi connectivity index (χ4n) is 4.39. The average molecular weight is 558 g/mol. The molecule has 1 fully saturated rings. The summed E-state index contributed by atoms with van der Waals surface area (Å²) < 4.78 is 6.90. The van der Waals surface area contributed by atoms with Gasteiger partial charge in [0.15, 0.2) is 0 Å². The number of carbonyl (C=O) groups is 2. The summed E-state index contributed by atoms with van der Waals surface area (Å²) in [5.74, 6) is -0.747. The molecular formula is C29H28ClN7O3. The second-order valence-electron chi connectivity index (χ2n) is 9.18. The summed E-state index contributed by atoms with van der Waals surface area (Å²) in [5, 5.41) is 17.5. The van der Waals surface area contributed by atoms with Crippen molar-refractivity contribution in [3.05, 3.63) is 101 Å². The normalized spacial score (nSPS) is 14.2. The molecule has 5 rings (SSSR count). The van der Waals surface area contributed by atoms with E-state index in [1.807, 2.05) is 54.6 Å². The van der Waals surface area contributed by atoms with E-state index in [0.29, 0.717) is 41.6 Å². The van der Waals surface area contributed by atoms with E-state index in [1.165, 1.54) is 17.1 Å². The first kappa shape index (κ1) is 27.0. The predicted molar refractivity (Wildman–Crippen MR) is 153 cm³/mol. The Morgan fingerprint density at radius 1 is 1.02 bits per heavy atom. The van der Waals surface area contributed by atoms with Crippen LogP contribution in [0, 0.1) is 0 Å². The van der Waals surface area contributed by atoms with E-state index >= 15 is 0 Å². The Morgan fingerprint density at radius 3 is 2.52 bits per heavy atom. The van der Waals surface area contributed by atoms with Gasteiger partial charge in [-0.15, -0.1) is 5.10 Å². The highest BCUT2D eigenvalue weighted by Gasteiger charge is 2.21. The topological polar surface area (TPSA) is 114 Å². The molecule has 2 N–H and O–H groups in total. The highest BCUT2D eigenvalue weighted by Crippen LogP contribution is 2.21. The zero-order valence-corrected chi connectivity index (χ0v) is 22.4. The molecule has 10 nitrogen and oxygen atoms in total. The number of hydrogen-bond acceptors (Lipinski definition) is 7. The minimum atomic E-state index is -0.809. The van der Waals surface area contributed by atoms with E-state index in [9.17, 15) is 9.59 Å². The number of rotatable bonds is 9. The number of aromatic nitrogens is 4. The first-order valence-electron chi connectivity index (χ1n) is 12.8. The number of halogens is 1. The van der Waals surface area contributed by atoms with E-state index in [0.717, 1.165) is 24.3 Å². The highest BCUT2D eigenvalue weighted by molar-refractivity contribution is 6.30. The van der Waals surface area contributed by atoms with Gasteiger partial charge in [0.2, 0.25) is 11.8 Å². The van der Waals surface area contributed by atoms with Gasteiger partial charge in [0, 0.05) is 47.5 Å². The van der Waals surface area contributed by atoms with E-state index in [-0.39, 0.29) is 5.91 Å². The van der Waals surface area contributed by atoms with Gasteiger partial charge >= 0.3 is 0 Å². The van der Waals surface area contributed by atoms with Crippen LogP contribution in [0.2, 0.25) is 5.02 Å². The molecule has 204 valence electrons. The Morgan fingerprint density at radius 2 is 1.80 bits per heavy atom. The van der Waals surface area contributed by atoms with Gasteiger partial charge in [0.05, 0.1) is 18.9 Å². The van der Waals surface area contributed by atoms with Crippen molar-refractivity contribution in [3.8, 4) is 5.69 Å². The minimum Gasteiger partial charge on any atom is -0.378 e. The van der Waals surface area contributed by atoms with Gasteiger partial charge in [-0.25, -0.2) is 0 Å². The number of tetrazole rings is 1. The summed E-state index contributed by atoms with van der Waals surface area (Å²) >= 11 is 6.18. The molecule has 2 amide bonds. The summed E-state index contributed by atoms with van der Waals surface area (Å²) in [7, 11) is 0. The van der Waals surface area contributed by atoms with Crippen LogP contribution >= 0.6 is 11.6 Å². The van der Waals surface area contributed by atoms with Crippen LogP contribution in [0.4, 0.5) is 11.4 Å². The maximum atomic E-state index is 13.3. The molecule has 0 radical (unpaired) electrons. The Labute approximate surface area is 236 Å². The number of amides is 2. The Kier molecular flexibility index (Phi) is 8.79. The second kappa shape index (κ2) is 13.0. The lowest BCUT2D eigenvalue weighted by atomic mass is 10.0. The predicted octanol–water partition coefficient (Wildman–Crippen LogP) is 3.53. The summed E-state index contributed by atoms with van der Waals surface area (Å²) in [6, 6.07) is 21.6. The minimum absolute atomic E-state index is 0.318. The molecular weight excluding hydrogens is 530 g/mol. The first-order valence-corrected chi connectivity index (χ1v) is 13.2. The highest BCUT2D eigenvalue weighted by atomic mass is 35.5. The maximum Gasteiger partial charge on any atom is 0.247 e. The van der Waals surface area contributed by atoms with Crippen LogP contribution in [0.15, 0.2) is 85.2 Å². The van der Waals surface area contributed by atoms with Crippen molar-refractivity contribution in [1.82, 2.24) is 25.5 Å². The van der Waals surface area contributed by atoms with Crippen molar-refractivity contribution in [3.63, 3.8) is 0 Å². The lowest BCUT2D eigenvalue weighted by molar-refractivity contribution is -0.123. The van der Waals surface area contributed by atoms with Crippen LogP contribution in [-0.4, -0.2) is 64.4 Å². The van der Waals surface area contributed by atoms with Crippen molar-refractivity contribution in [2.24, 2.45) is 0 Å². The van der Waals surface area contributed by atoms with Gasteiger partial charge in [-0.2, -0.15) is 4.68 Å². The van der Waals surface area contributed by atoms with E-state index in [2.05, 4.69) is 31.1 Å². The Balaban J connectivity index is 1.29. The molecule has 1 aromatic heterocycles. The Hall–Kier alpha value is -4.54. The number of ether oxygens (including phenoxy) is 1. The molecule has 0 spiro atoms. The zero-order chi connectivity index (χ0) is 27.7. The number of anilines is 2. The summed E-state index contributed by atoms with van der Waals surface area (Å²) in [4.78, 5) is 28.6. The molecule has 0 saturated carbocycles. The van der Waals surface area contributed by atoms with Crippen LogP contribution in [0.25, 0.3) is 11.8 Å². The lowest BCUT2D eigenvalue weighted by Gasteiger charge is -2.29. The first-order chi connectivity index (χ1) is 19.5. The smallest absolute Gasteiger partial charge is 0.247 e. The lowest BCUT2D eigenvalue weighted by Crippen LogP contribution is -2.44. The summed E-state index contributed by atoms with van der Waals surface area (Å²) in [6.07, 6.45) is 4.75. The van der Waals surface area contributed by atoms with Gasteiger partial charge < -0.3 is 20.3 Å². The van der Waals surface area contributed by atoms with Crippen molar-refractivity contribution in [1.29, 1.82) is 0 Å². The largest absolute Gasteiger partial charge is 0.378 e. The Bertz CT molecular complexity index is 1460. The fraction of sp³-hybridized carbons (Fsp3) is 0.207. The van der Waals surface area contributed by atoms with Crippen LogP contribution in [0.1, 0.15) is 11.1 Å². The fourth-order valence-corrected chi connectivity index (χ4v) is 4.57. The van der Waals surface area contributed by atoms with Gasteiger partial charge in [0.25, 0.3) is 0 Å². The molecule has 0 bridgehead atoms. The molecule has 1 unspecified atom stereocenters. The number of nitrogens with zero attached hydrogens (tertiary/aromatic N) is 5.